The van der Waals surface area contributed by atoms with E-state index in [9.17, 15) is 5.11 Å². The largest absolute Gasteiger partial charge is 0.389 e. The fraction of sp³-hybridized carbons (Fsp3) is 0.600. The molecule has 0 heterocycles. The Morgan fingerprint density at radius 3 is 2.45 bits per heavy atom. The summed E-state index contributed by atoms with van der Waals surface area (Å²) in [6.45, 7) is 5.76. The van der Waals surface area contributed by atoms with Crippen molar-refractivity contribution in [2.75, 3.05) is 38.9 Å². The predicted octanol–water partition coefficient (Wildman–Crippen LogP) is 2.88. The Labute approximate surface area is 126 Å². The van der Waals surface area contributed by atoms with Crippen LogP contribution in [-0.4, -0.2) is 45.1 Å². The molecule has 2 unspecified atom stereocenters. The topological polar surface area (TPSA) is 41.9 Å². The Bertz CT molecular complexity index is 412. The summed E-state index contributed by atoms with van der Waals surface area (Å²) in [5.41, 5.74) is 1.74. The molecule has 0 saturated carbocycles. The fourth-order valence-corrected chi connectivity index (χ4v) is 2.41. The molecule has 0 fully saturated rings. The highest BCUT2D eigenvalue weighted by Gasteiger charge is 2.17. The van der Waals surface area contributed by atoms with Gasteiger partial charge in [-0.2, -0.15) is 0 Å². The zero-order valence-electron chi connectivity index (χ0n) is 12.6. The third-order valence-corrected chi connectivity index (χ3v) is 3.54. The number of aliphatic hydroxyl groups is 1. The summed E-state index contributed by atoms with van der Waals surface area (Å²) >= 11 is 6.36. The quantitative estimate of drug-likeness (QED) is 0.802. The van der Waals surface area contributed by atoms with Gasteiger partial charge in [-0.3, -0.25) is 0 Å². The van der Waals surface area contributed by atoms with Crippen molar-refractivity contribution in [3.05, 3.63) is 28.8 Å². The number of methoxy groups -OCH3 is 2. The Kier molecular flexibility index (Phi) is 7.30. The fourth-order valence-electron chi connectivity index (χ4n) is 2.12. The molecular formula is C15H24ClNO3. The first-order chi connectivity index (χ1) is 9.51. The first-order valence-corrected chi connectivity index (χ1v) is 7.11. The molecule has 0 spiro atoms. The second-order valence-corrected chi connectivity index (χ2v) is 5.28. The Balaban J connectivity index is 3.00. The summed E-state index contributed by atoms with van der Waals surface area (Å²) in [5, 5.41) is 10.2. The number of benzene rings is 1. The Morgan fingerprint density at radius 2 is 1.95 bits per heavy atom. The van der Waals surface area contributed by atoms with Gasteiger partial charge in [0, 0.05) is 26.8 Å². The highest BCUT2D eigenvalue weighted by atomic mass is 35.5. The molecule has 5 heteroatoms. The second kappa shape index (κ2) is 8.47. The molecule has 4 nitrogen and oxygen atoms in total. The summed E-state index contributed by atoms with van der Waals surface area (Å²) in [5.74, 6) is 0. The molecule has 0 amide bonds. The second-order valence-electron chi connectivity index (χ2n) is 4.88. The summed E-state index contributed by atoms with van der Waals surface area (Å²) in [4.78, 5) is 2.15. The first-order valence-electron chi connectivity index (χ1n) is 6.73. The lowest BCUT2D eigenvalue weighted by molar-refractivity contribution is 0.171. The maximum Gasteiger partial charge on any atom is 0.0762 e. The minimum absolute atomic E-state index is 0.185. The third-order valence-electron chi connectivity index (χ3n) is 3.24. The third kappa shape index (κ3) is 4.63. The summed E-state index contributed by atoms with van der Waals surface area (Å²) < 4.78 is 10.4. The van der Waals surface area contributed by atoms with Gasteiger partial charge < -0.3 is 19.5 Å². The molecule has 20 heavy (non-hydrogen) atoms. The molecule has 1 aromatic carbocycles. The maximum absolute atomic E-state index is 9.60. The number of aliphatic hydroxyl groups excluding tert-OH is 1. The lowest BCUT2D eigenvalue weighted by Crippen LogP contribution is -2.38. The first kappa shape index (κ1) is 17.2. The zero-order valence-corrected chi connectivity index (χ0v) is 13.4. The van der Waals surface area contributed by atoms with E-state index < -0.39 is 6.10 Å². The van der Waals surface area contributed by atoms with Gasteiger partial charge in [0.1, 0.15) is 0 Å². The van der Waals surface area contributed by atoms with E-state index in [2.05, 4.69) is 11.8 Å². The number of rotatable bonds is 8. The lowest BCUT2D eigenvalue weighted by atomic mass is 10.1. The number of anilines is 1. The van der Waals surface area contributed by atoms with Gasteiger partial charge in [0.2, 0.25) is 0 Å². The zero-order chi connectivity index (χ0) is 15.1. The van der Waals surface area contributed by atoms with Crippen molar-refractivity contribution in [2.45, 2.75) is 26.0 Å². The van der Waals surface area contributed by atoms with E-state index in [1.54, 1.807) is 27.2 Å². The highest BCUT2D eigenvalue weighted by Crippen LogP contribution is 2.30. The predicted molar refractivity (Wildman–Crippen MR) is 82.6 cm³/mol. The molecule has 2 atom stereocenters. The Morgan fingerprint density at radius 1 is 1.25 bits per heavy atom. The van der Waals surface area contributed by atoms with E-state index in [0.29, 0.717) is 18.2 Å². The standard InChI is InChI=1S/C15H24ClNO3/c1-11(10-20-4)17(7-8-19-3)15-6-5-13(12(2)18)9-14(15)16/h5-6,9,11-12,18H,7-8,10H2,1-4H3. The van der Waals surface area contributed by atoms with Crippen LogP contribution in [0.5, 0.6) is 0 Å². The molecule has 0 radical (unpaired) electrons. The molecular weight excluding hydrogens is 278 g/mol. The average molecular weight is 302 g/mol. The monoisotopic (exact) mass is 301 g/mol. The van der Waals surface area contributed by atoms with Gasteiger partial charge in [-0.1, -0.05) is 17.7 Å². The lowest BCUT2D eigenvalue weighted by Gasteiger charge is -2.31. The van der Waals surface area contributed by atoms with E-state index in [1.165, 1.54) is 0 Å². The van der Waals surface area contributed by atoms with Crippen molar-refractivity contribution in [3.63, 3.8) is 0 Å². The molecule has 114 valence electrons. The van der Waals surface area contributed by atoms with Crippen molar-refractivity contribution in [1.29, 1.82) is 0 Å². The summed E-state index contributed by atoms with van der Waals surface area (Å²) in [6.07, 6.45) is -0.523. The number of hydrogen-bond acceptors (Lipinski definition) is 4. The van der Waals surface area contributed by atoms with Crippen molar-refractivity contribution < 1.29 is 14.6 Å². The highest BCUT2D eigenvalue weighted by molar-refractivity contribution is 6.33. The minimum atomic E-state index is -0.523. The van der Waals surface area contributed by atoms with Crippen LogP contribution in [0.25, 0.3) is 0 Å². The van der Waals surface area contributed by atoms with Crippen LogP contribution in [0.3, 0.4) is 0 Å². The van der Waals surface area contributed by atoms with Crippen LogP contribution in [0, 0.1) is 0 Å². The number of halogens is 1. The number of ether oxygens (including phenoxy) is 2. The van der Waals surface area contributed by atoms with E-state index in [4.69, 9.17) is 21.1 Å². The maximum atomic E-state index is 9.60. The molecule has 0 aliphatic carbocycles. The van der Waals surface area contributed by atoms with Gasteiger partial charge in [0.25, 0.3) is 0 Å². The van der Waals surface area contributed by atoms with Crippen LogP contribution in [-0.2, 0) is 9.47 Å². The molecule has 0 aromatic heterocycles. The van der Waals surface area contributed by atoms with Gasteiger partial charge in [-0.25, -0.2) is 0 Å². The van der Waals surface area contributed by atoms with Crippen LogP contribution >= 0.6 is 11.6 Å². The van der Waals surface area contributed by atoms with E-state index in [1.807, 2.05) is 12.1 Å². The van der Waals surface area contributed by atoms with Gasteiger partial charge in [0.15, 0.2) is 0 Å². The van der Waals surface area contributed by atoms with Crippen LogP contribution in [0.2, 0.25) is 5.02 Å². The SMILES string of the molecule is COCCN(c1ccc(C(C)O)cc1Cl)C(C)COC. The molecule has 1 aromatic rings. The molecule has 0 saturated heterocycles. The van der Waals surface area contributed by atoms with Crippen LogP contribution < -0.4 is 4.90 Å². The normalized spacial score (nSPS) is 14.1. The van der Waals surface area contributed by atoms with Crippen molar-refractivity contribution in [2.24, 2.45) is 0 Å². The van der Waals surface area contributed by atoms with Gasteiger partial charge >= 0.3 is 0 Å². The van der Waals surface area contributed by atoms with E-state index in [-0.39, 0.29) is 6.04 Å². The number of nitrogens with zero attached hydrogens (tertiary/aromatic N) is 1. The average Bonchev–Trinajstić information content (AvgIpc) is 2.40. The van der Waals surface area contributed by atoms with Crippen molar-refractivity contribution in [3.8, 4) is 0 Å². The van der Waals surface area contributed by atoms with Crippen molar-refractivity contribution in [1.82, 2.24) is 0 Å². The Hall–Kier alpha value is -0.810. The molecule has 0 aliphatic rings. The van der Waals surface area contributed by atoms with E-state index >= 15 is 0 Å². The van der Waals surface area contributed by atoms with Crippen molar-refractivity contribution >= 4 is 17.3 Å². The van der Waals surface area contributed by atoms with Crippen LogP contribution in [0.4, 0.5) is 5.69 Å². The minimum Gasteiger partial charge on any atom is -0.389 e. The van der Waals surface area contributed by atoms with Gasteiger partial charge in [0.05, 0.1) is 30.0 Å². The molecule has 1 rings (SSSR count). The van der Waals surface area contributed by atoms with Gasteiger partial charge in [-0.15, -0.1) is 0 Å². The van der Waals surface area contributed by atoms with Crippen LogP contribution in [0.1, 0.15) is 25.5 Å². The molecule has 1 N–H and O–H groups in total. The van der Waals surface area contributed by atoms with Gasteiger partial charge in [-0.05, 0) is 31.5 Å². The smallest absolute Gasteiger partial charge is 0.0762 e. The summed E-state index contributed by atoms with van der Waals surface area (Å²) in [6, 6.07) is 5.82. The number of hydrogen-bond donors (Lipinski definition) is 1. The van der Waals surface area contributed by atoms with E-state index in [0.717, 1.165) is 17.8 Å². The molecule has 0 bridgehead atoms. The summed E-state index contributed by atoms with van der Waals surface area (Å²) in [7, 11) is 3.36. The van der Waals surface area contributed by atoms with Crippen LogP contribution in [0.15, 0.2) is 18.2 Å². The molecule has 0 aliphatic heterocycles.